The molecule has 0 aromatic heterocycles. The number of rotatable bonds is 47. The van der Waals surface area contributed by atoms with E-state index < -0.39 is 6.10 Å². The largest absolute Gasteiger partial charge is 0.462 e. The first-order valence-corrected chi connectivity index (χ1v) is 26.1. The Hall–Kier alpha value is -2.63. The van der Waals surface area contributed by atoms with Crippen molar-refractivity contribution < 1.29 is 28.6 Å². The fraction of sp³-hybridized carbons (Fsp3) is 0.800. The quantitative estimate of drug-likeness (QED) is 0.0263. The molecule has 61 heavy (non-hydrogen) atoms. The number of allylic oxidation sites excluding steroid dienone is 8. The third kappa shape index (κ3) is 48.3. The molecule has 0 saturated carbocycles. The molecule has 0 aliphatic heterocycles. The predicted octanol–water partition coefficient (Wildman–Crippen LogP) is 17.1. The van der Waals surface area contributed by atoms with E-state index in [1.54, 1.807) is 0 Å². The molecule has 0 saturated heterocycles. The van der Waals surface area contributed by atoms with Crippen LogP contribution in [0.5, 0.6) is 0 Å². The van der Waals surface area contributed by atoms with Gasteiger partial charge in [0.25, 0.3) is 0 Å². The third-order valence-corrected chi connectivity index (χ3v) is 11.3. The van der Waals surface area contributed by atoms with E-state index in [0.29, 0.717) is 19.3 Å². The zero-order valence-electron chi connectivity index (χ0n) is 40.4. The highest BCUT2D eigenvalue weighted by Gasteiger charge is 2.19. The number of unbranched alkanes of at least 4 members (excludes halogenated alkanes) is 28. The number of carbonyl (C=O) groups excluding carboxylic acids is 3. The lowest BCUT2D eigenvalue weighted by molar-refractivity contribution is -0.167. The number of esters is 3. The van der Waals surface area contributed by atoms with Crippen molar-refractivity contribution in [2.75, 3.05) is 13.2 Å². The average Bonchev–Trinajstić information content (AvgIpc) is 3.26. The second kappa shape index (κ2) is 50.0. The van der Waals surface area contributed by atoms with E-state index in [2.05, 4.69) is 69.4 Å². The van der Waals surface area contributed by atoms with E-state index in [1.165, 1.54) is 122 Å². The number of carbonyl (C=O) groups is 3. The van der Waals surface area contributed by atoms with Crippen molar-refractivity contribution in [3.63, 3.8) is 0 Å². The maximum absolute atomic E-state index is 12.8. The van der Waals surface area contributed by atoms with Crippen LogP contribution < -0.4 is 0 Å². The first-order valence-electron chi connectivity index (χ1n) is 26.1. The summed E-state index contributed by atoms with van der Waals surface area (Å²) in [6.07, 6.45) is 59.5. The lowest BCUT2D eigenvalue weighted by Gasteiger charge is -2.18. The van der Waals surface area contributed by atoms with Crippen molar-refractivity contribution in [2.45, 2.75) is 271 Å². The molecule has 0 aromatic carbocycles. The lowest BCUT2D eigenvalue weighted by Crippen LogP contribution is -2.30. The highest BCUT2D eigenvalue weighted by atomic mass is 16.6. The molecule has 0 fully saturated rings. The maximum atomic E-state index is 12.8. The Labute approximate surface area is 378 Å². The Bertz CT molecular complexity index is 1070. The van der Waals surface area contributed by atoms with Crippen molar-refractivity contribution in [1.82, 2.24) is 0 Å². The Morgan fingerprint density at radius 2 is 0.639 bits per heavy atom. The zero-order valence-corrected chi connectivity index (χ0v) is 40.4. The Morgan fingerprint density at radius 1 is 0.344 bits per heavy atom. The van der Waals surface area contributed by atoms with Gasteiger partial charge in [-0.15, -0.1) is 0 Å². The van der Waals surface area contributed by atoms with Crippen LogP contribution >= 0.6 is 0 Å². The molecule has 0 heterocycles. The van der Waals surface area contributed by atoms with Crippen molar-refractivity contribution in [3.8, 4) is 0 Å². The summed E-state index contributed by atoms with van der Waals surface area (Å²) in [5.41, 5.74) is 0. The lowest BCUT2D eigenvalue weighted by atomic mass is 10.0. The standard InChI is InChI=1S/C55H98O6/c1-4-7-10-13-16-19-22-25-27-29-30-33-36-39-42-45-48-54(57)60-51-52(50-59-53(56)47-44-41-38-35-32-24-21-18-15-12-9-6-3)61-55(58)49-46-43-40-37-34-31-28-26-23-20-17-14-11-8-5-2/h8,11,17-18,20-21,26,28,52H,4-7,9-10,12-16,19,22-25,27,29-51H2,1-3H3/b11-8-,20-17-,21-18-,28-26-/t52-/m1/s1. The van der Waals surface area contributed by atoms with Gasteiger partial charge >= 0.3 is 17.9 Å². The van der Waals surface area contributed by atoms with E-state index >= 15 is 0 Å². The van der Waals surface area contributed by atoms with E-state index in [4.69, 9.17) is 14.2 Å². The molecular weight excluding hydrogens is 757 g/mol. The predicted molar refractivity (Wildman–Crippen MR) is 261 cm³/mol. The normalized spacial score (nSPS) is 12.4. The van der Waals surface area contributed by atoms with Gasteiger partial charge in [-0.25, -0.2) is 0 Å². The summed E-state index contributed by atoms with van der Waals surface area (Å²) in [7, 11) is 0. The van der Waals surface area contributed by atoms with Gasteiger partial charge in [0.05, 0.1) is 0 Å². The van der Waals surface area contributed by atoms with Crippen LogP contribution in [0.15, 0.2) is 48.6 Å². The van der Waals surface area contributed by atoms with Crippen molar-refractivity contribution in [1.29, 1.82) is 0 Å². The molecule has 0 aromatic rings. The summed E-state index contributed by atoms with van der Waals surface area (Å²) in [6.45, 7) is 6.50. The van der Waals surface area contributed by atoms with Gasteiger partial charge in [0, 0.05) is 19.3 Å². The highest BCUT2D eigenvalue weighted by Crippen LogP contribution is 2.15. The molecule has 0 unspecified atom stereocenters. The van der Waals surface area contributed by atoms with Gasteiger partial charge in [0.2, 0.25) is 0 Å². The molecule has 0 radical (unpaired) electrons. The summed E-state index contributed by atoms with van der Waals surface area (Å²) >= 11 is 0. The van der Waals surface area contributed by atoms with Crippen LogP contribution in [0.2, 0.25) is 0 Å². The molecule has 0 rings (SSSR count). The Kier molecular flexibility index (Phi) is 47.9. The molecule has 0 amide bonds. The minimum Gasteiger partial charge on any atom is -0.462 e. The van der Waals surface area contributed by atoms with Crippen LogP contribution in [0.25, 0.3) is 0 Å². The van der Waals surface area contributed by atoms with Gasteiger partial charge in [0.15, 0.2) is 6.10 Å². The first-order chi connectivity index (χ1) is 30.0. The van der Waals surface area contributed by atoms with Gasteiger partial charge in [-0.05, 0) is 77.0 Å². The summed E-state index contributed by atoms with van der Waals surface area (Å²) in [6, 6.07) is 0. The topological polar surface area (TPSA) is 78.9 Å². The molecule has 354 valence electrons. The van der Waals surface area contributed by atoms with Crippen molar-refractivity contribution in [2.24, 2.45) is 0 Å². The van der Waals surface area contributed by atoms with Crippen LogP contribution in [0.4, 0.5) is 0 Å². The second-order valence-electron chi connectivity index (χ2n) is 17.4. The molecule has 0 aliphatic carbocycles. The summed E-state index contributed by atoms with van der Waals surface area (Å²) < 4.78 is 16.8. The Balaban J connectivity index is 4.38. The average molecular weight is 855 g/mol. The smallest absolute Gasteiger partial charge is 0.306 e. The fourth-order valence-electron chi connectivity index (χ4n) is 7.39. The van der Waals surface area contributed by atoms with Crippen molar-refractivity contribution in [3.05, 3.63) is 48.6 Å². The van der Waals surface area contributed by atoms with E-state index in [0.717, 1.165) is 103 Å². The Morgan fingerprint density at radius 3 is 1.05 bits per heavy atom. The van der Waals surface area contributed by atoms with Gasteiger partial charge in [0.1, 0.15) is 13.2 Å². The molecule has 0 bridgehead atoms. The molecule has 0 N–H and O–H groups in total. The molecule has 0 spiro atoms. The van der Waals surface area contributed by atoms with Crippen molar-refractivity contribution >= 4 is 17.9 Å². The summed E-state index contributed by atoms with van der Waals surface area (Å²) in [4.78, 5) is 38.0. The summed E-state index contributed by atoms with van der Waals surface area (Å²) in [5, 5.41) is 0. The monoisotopic (exact) mass is 855 g/mol. The van der Waals surface area contributed by atoms with Crippen LogP contribution in [-0.2, 0) is 28.6 Å². The van der Waals surface area contributed by atoms with E-state index in [1.807, 2.05) is 0 Å². The zero-order chi connectivity index (χ0) is 44.4. The summed E-state index contributed by atoms with van der Waals surface area (Å²) in [5.74, 6) is -0.899. The fourth-order valence-corrected chi connectivity index (χ4v) is 7.39. The second-order valence-corrected chi connectivity index (χ2v) is 17.4. The molecule has 1 atom stereocenters. The molecule has 6 heteroatoms. The van der Waals surface area contributed by atoms with Gasteiger partial charge in [-0.1, -0.05) is 217 Å². The molecule has 6 nitrogen and oxygen atoms in total. The molecule has 0 aliphatic rings. The van der Waals surface area contributed by atoms with Crippen LogP contribution in [0.3, 0.4) is 0 Å². The van der Waals surface area contributed by atoms with E-state index in [-0.39, 0.29) is 31.1 Å². The number of hydrogen-bond acceptors (Lipinski definition) is 6. The van der Waals surface area contributed by atoms with Gasteiger partial charge in [-0.3, -0.25) is 14.4 Å². The van der Waals surface area contributed by atoms with Crippen LogP contribution in [0.1, 0.15) is 265 Å². The first kappa shape index (κ1) is 58.4. The minimum atomic E-state index is -0.782. The third-order valence-electron chi connectivity index (χ3n) is 11.3. The maximum Gasteiger partial charge on any atom is 0.306 e. The van der Waals surface area contributed by atoms with E-state index in [9.17, 15) is 14.4 Å². The minimum absolute atomic E-state index is 0.0804. The highest BCUT2D eigenvalue weighted by molar-refractivity contribution is 5.71. The van der Waals surface area contributed by atoms with Crippen LogP contribution in [0, 0.1) is 0 Å². The SMILES string of the molecule is CC/C=C\C/C=C\C/C=C\CCCCCCCC(=O)O[C@H](COC(=O)CCCCCCC/C=C\CCCCC)COC(=O)CCCCCCCCCCCCCCCCCC. The number of ether oxygens (including phenoxy) is 3. The van der Waals surface area contributed by atoms with Crippen LogP contribution in [-0.4, -0.2) is 37.2 Å². The van der Waals surface area contributed by atoms with Gasteiger partial charge in [-0.2, -0.15) is 0 Å². The van der Waals surface area contributed by atoms with Gasteiger partial charge < -0.3 is 14.2 Å². The molecular formula is C55H98O6. The number of hydrogen-bond donors (Lipinski definition) is 0.